The lowest BCUT2D eigenvalue weighted by Gasteiger charge is -2.27. The van der Waals surface area contributed by atoms with E-state index in [0.717, 1.165) is 28.6 Å². The molecule has 0 amide bonds. The van der Waals surface area contributed by atoms with Gasteiger partial charge in [0.1, 0.15) is 13.1 Å². The molecule has 1 aromatic heterocycles. The Balaban J connectivity index is 1.63. The summed E-state index contributed by atoms with van der Waals surface area (Å²) in [7, 11) is 0. The van der Waals surface area contributed by atoms with Crippen molar-refractivity contribution in [2.45, 2.75) is 13.1 Å². The highest BCUT2D eigenvalue weighted by Crippen LogP contribution is 2.39. The van der Waals surface area contributed by atoms with Crippen molar-refractivity contribution in [3.05, 3.63) is 99.4 Å². The fourth-order valence-electron chi connectivity index (χ4n) is 3.96. The topological polar surface area (TPSA) is 43.9 Å². The number of rotatable bonds is 3. The van der Waals surface area contributed by atoms with Gasteiger partial charge in [-0.2, -0.15) is 0 Å². The molecular formula is C24H19ClNO3+. The molecule has 4 aromatic rings. The van der Waals surface area contributed by atoms with E-state index in [1.54, 1.807) is 0 Å². The largest absolute Gasteiger partial charge is 0.443 e. The second-order valence-electron chi connectivity index (χ2n) is 7.27. The molecule has 0 bridgehead atoms. The standard InChI is InChI=1S/C24H18ClNO3/c25-21-11-19-18(17-9-5-2-6-10-17)12-22(27)29-23(19)20-14-26(15-28-24(20)21)13-16-7-3-1-4-8-16/h1-12H,13-15H2/p+1. The highest BCUT2D eigenvalue weighted by Gasteiger charge is 2.28. The van der Waals surface area contributed by atoms with Gasteiger partial charge in [-0.3, -0.25) is 4.90 Å². The van der Waals surface area contributed by atoms with Gasteiger partial charge in [-0.1, -0.05) is 72.3 Å². The zero-order valence-electron chi connectivity index (χ0n) is 15.7. The maximum atomic E-state index is 12.4. The van der Waals surface area contributed by atoms with E-state index < -0.39 is 0 Å². The summed E-state index contributed by atoms with van der Waals surface area (Å²) in [5.41, 5.74) is 4.02. The molecule has 1 unspecified atom stereocenters. The van der Waals surface area contributed by atoms with Gasteiger partial charge < -0.3 is 9.15 Å². The predicted octanol–water partition coefficient (Wildman–Crippen LogP) is 4.05. The zero-order chi connectivity index (χ0) is 19.8. The summed E-state index contributed by atoms with van der Waals surface area (Å²) in [4.78, 5) is 13.6. The summed E-state index contributed by atoms with van der Waals surface area (Å²) in [5.74, 6) is 0.615. The van der Waals surface area contributed by atoms with Crippen LogP contribution in [0.1, 0.15) is 11.1 Å². The monoisotopic (exact) mass is 404 g/mol. The minimum absolute atomic E-state index is 0.379. The number of hydrogen-bond donors (Lipinski definition) is 1. The van der Waals surface area contributed by atoms with Crippen LogP contribution in [0.3, 0.4) is 0 Å². The molecule has 0 spiro atoms. The summed E-state index contributed by atoms with van der Waals surface area (Å²) in [6.45, 7) is 2.00. The Morgan fingerprint density at radius 1 is 0.966 bits per heavy atom. The molecule has 1 N–H and O–H groups in total. The molecule has 3 aromatic carbocycles. The first-order chi connectivity index (χ1) is 14.2. The second-order valence-corrected chi connectivity index (χ2v) is 7.67. The minimum Gasteiger partial charge on any atom is -0.443 e. The van der Waals surface area contributed by atoms with Crippen molar-refractivity contribution in [3.63, 3.8) is 0 Å². The maximum absolute atomic E-state index is 12.4. The Kier molecular flexibility index (Phi) is 4.58. The average molecular weight is 405 g/mol. The number of hydrogen-bond acceptors (Lipinski definition) is 3. The van der Waals surface area contributed by atoms with Crippen molar-refractivity contribution in [3.8, 4) is 16.9 Å². The van der Waals surface area contributed by atoms with Gasteiger partial charge in [0.05, 0.1) is 10.6 Å². The Labute approximate surface area is 172 Å². The van der Waals surface area contributed by atoms with Crippen LogP contribution in [0.2, 0.25) is 5.02 Å². The van der Waals surface area contributed by atoms with Crippen molar-refractivity contribution in [2.24, 2.45) is 0 Å². The second kappa shape index (κ2) is 7.39. The molecule has 5 rings (SSSR count). The number of quaternary nitrogens is 1. The van der Waals surface area contributed by atoms with E-state index in [-0.39, 0.29) is 5.63 Å². The van der Waals surface area contributed by atoms with Gasteiger partial charge in [0.15, 0.2) is 11.3 Å². The summed E-state index contributed by atoms with van der Waals surface area (Å²) in [6.07, 6.45) is 0. The van der Waals surface area contributed by atoms with E-state index in [0.29, 0.717) is 29.6 Å². The zero-order valence-corrected chi connectivity index (χ0v) is 16.4. The van der Waals surface area contributed by atoms with Crippen LogP contribution in [0.25, 0.3) is 22.1 Å². The van der Waals surface area contributed by atoms with Gasteiger partial charge in [-0.15, -0.1) is 0 Å². The Bertz CT molecular complexity index is 1240. The SMILES string of the molecule is O=c1cc(-c2ccccc2)c2cc(Cl)c3c(c2o1)C[NH+](Cc1ccccc1)CO3. The van der Waals surface area contributed by atoms with Crippen LogP contribution in [0.5, 0.6) is 5.75 Å². The Morgan fingerprint density at radius 2 is 1.69 bits per heavy atom. The number of fused-ring (bicyclic) bond motifs is 3. The third kappa shape index (κ3) is 3.41. The molecule has 0 aliphatic carbocycles. The molecule has 1 aliphatic heterocycles. The smallest absolute Gasteiger partial charge is 0.336 e. The van der Waals surface area contributed by atoms with Crippen molar-refractivity contribution >= 4 is 22.6 Å². The predicted molar refractivity (Wildman–Crippen MR) is 113 cm³/mol. The highest BCUT2D eigenvalue weighted by atomic mass is 35.5. The van der Waals surface area contributed by atoms with Crippen LogP contribution in [0.15, 0.2) is 82.0 Å². The lowest BCUT2D eigenvalue weighted by molar-refractivity contribution is -0.945. The Morgan fingerprint density at radius 3 is 2.45 bits per heavy atom. The van der Waals surface area contributed by atoms with E-state index in [2.05, 4.69) is 12.1 Å². The number of nitrogens with one attached hydrogen (secondary N) is 1. The van der Waals surface area contributed by atoms with Crippen LogP contribution in [0, 0.1) is 0 Å². The van der Waals surface area contributed by atoms with Crippen molar-refractivity contribution in [1.82, 2.24) is 0 Å². The van der Waals surface area contributed by atoms with E-state index in [1.165, 1.54) is 16.5 Å². The van der Waals surface area contributed by atoms with Crippen LogP contribution in [-0.4, -0.2) is 6.73 Å². The lowest BCUT2D eigenvalue weighted by atomic mass is 9.99. The molecule has 29 heavy (non-hydrogen) atoms. The summed E-state index contributed by atoms with van der Waals surface area (Å²) < 4.78 is 11.7. The van der Waals surface area contributed by atoms with Gasteiger partial charge in [0.2, 0.25) is 6.73 Å². The summed E-state index contributed by atoms with van der Waals surface area (Å²) >= 11 is 6.57. The summed E-state index contributed by atoms with van der Waals surface area (Å²) in [5, 5.41) is 1.36. The molecule has 0 saturated carbocycles. The fraction of sp³-hybridized carbons (Fsp3) is 0.125. The van der Waals surface area contributed by atoms with E-state index in [9.17, 15) is 4.79 Å². The fourth-order valence-corrected chi connectivity index (χ4v) is 4.23. The molecule has 1 aliphatic rings. The summed E-state index contributed by atoms with van der Waals surface area (Å²) in [6, 6.07) is 23.4. The van der Waals surface area contributed by atoms with Crippen molar-refractivity contribution < 1.29 is 14.1 Å². The molecule has 1 atom stereocenters. The molecular weight excluding hydrogens is 386 g/mol. The first-order valence-corrected chi connectivity index (χ1v) is 9.92. The van der Waals surface area contributed by atoms with Crippen molar-refractivity contribution in [1.29, 1.82) is 0 Å². The van der Waals surface area contributed by atoms with Gasteiger partial charge >= 0.3 is 5.63 Å². The van der Waals surface area contributed by atoms with Crippen molar-refractivity contribution in [2.75, 3.05) is 6.73 Å². The third-order valence-corrected chi connectivity index (χ3v) is 5.55. The molecule has 2 heterocycles. The number of halogens is 1. The molecule has 0 radical (unpaired) electrons. The normalized spacial score (nSPS) is 15.7. The van der Waals surface area contributed by atoms with Gasteiger partial charge in [-0.05, 0) is 17.2 Å². The number of benzene rings is 3. The number of ether oxygens (including phenoxy) is 1. The van der Waals surface area contributed by atoms with Crippen LogP contribution in [-0.2, 0) is 13.1 Å². The van der Waals surface area contributed by atoms with E-state index in [4.69, 9.17) is 20.8 Å². The average Bonchev–Trinajstić information content (AvgIpc) is 2.75. The molecule has 0 fully saturated rings. The first kappa shape index (κ1) is 18.0. The molecule has 4 nitrogen and oxygen atoms in total. The molecule has 144 valence electrons. The maximum Gasteiger partial charge on any atom is 0.336 e. The third-order valence-electron chi connectivity index (χ3n) is 5.26. The van der Waals surface area contributed by atoms with E-state index >= 15 is 0 Å². The van der Waals surface area contributed by atoms with Crippen LogP contribution >= 0.6 is 11.6 Å². The minimum atomic E-state index is -0.379. The molecule has 5 heteroatoms. The Hall–Kier alpha value is -3.08. The van der Waals surface area contributed by atoms with Crippen LogP contribution in [0.4, 0.5) is 0 Å². The van der Waals surface area contributed by atoms with Crippen LogP contribution < -0.4 is 15.3 Å². The molecule has 0 saturated heterocycles. The van der Waals surface area contributed by atoms with Gasteiger partial charge in [0.25, 0.3) is 0 Å². The highest BCUT2D eigenvalue weighted by molar-refractivity contribution is 6.33. The quantitative estimate of drug-likeness (QED) is 0.524. The van der Waals surface area contributed by atoms with Gasteiger partial charge in [-0.25, -0.2) is 4.79 Å². The first-order valence-electron chi connectivity index (χ1n) is 9.54. The van der Waals surface area contributed by atoms with Gasteiger partial charge in [0, 0.05) is 17.0 Å². The van der Waals surface area contributed by atoms with E-state index in [1.807, 2.05) is 54.6 Å². The lowest BCUT2D eigenvalue weighted by Crippen LogP contribution is -3.10.